The van der Waals surface area contributed by atoms with Crippen LogP contribution in [0.1, 0.15) is 24.8 Å². The van der Waals surface area contributed by atoms with Crippen molar-refractivity contribution < 1.29 is 22.1 Å². The third-order valence-electron chi connectivity index (χ3n) is 4.82. The van der Waals surface area contributed by atoms with Crippen LogP contribution in [0.2, 0.25) is 0 Å². The van der Waals surface area contributed by atoms with E-state index in [1.165, 1.54) is 7.11 Å². The number of carbonyl (C=O) groups excluding carboxylic acids is 1. The van der Waals surface area contributed by atoms with Gasteiger partial charge >= 0.3 is 5.97 Å². The summed E-state index contributed by atoms with van der Waals surface area (Å²) in [5.41, 5.74) is 0.990. The molecular formula is C16H20O5S. The van der Waals surface area contributed by atoms with Crippen LogP contribution in [0.4, 0.5) is 0 Å². The van der Waals surface area contributed by atoms with Gasteiger partial charge in [0.1, 0.15) is 0 Å². The second-order valence-corrected chi connectivity index (χ2v) is 7.84. The summed E-state index contributed by atoms with van der Waals surface area (Å²) in [5, 5.41) is 0. The number of rotatable bonds is 4. The van der Waals surface area contributed by atoms with Crippen LogP contribution in [-0.4, -0.2) is 27.6 Å². The zero-order valence-corrected chi connectivity index (χ0v) is 13.5. The van der Waals surface area contributed by atoms with Crippen molar-refractivity contribution in [2.24, 2.45) is 17.8 Å². The Bertz CT molecular complexity index is 664. The number of fused-ring (bicyclic) bond motifs is 2. The Balaban J connectivity index is 1.76. The summed E-state index contributed by atoms with van der Waals surface area (Å²) in [6.07, 6.45) is 1.90. The SMILES string of the molecule is COC(=O)[C@H]1C[C@H]2C[C@H]1[C@H](OS(=O)(=O)c1ccc(C)cc1)C2. The van der Waals surface area contributed by atoms with Crippen LogP contribution in [0.15, 0.2) is 29.2 Å². The van der Waals surface area contributed by atoms with Crippen molar-refractivity contribution in [1.29, 1.82) is 0 Å². The predicted octanol–water partition coefficient (Wildman–Crippen LogP) is 2.29. The van der Waals surface area contributed by atoms with Gasteiger partial charge < -0.3 is 4.74 Å². The number of benzene rings is 1. The summed E-state index contributed by atoms with van der Waals surface area (Å²) < 4.78 is 35.0. The van der Waals surface area contributed by atoms with Gasteiger partial charge in [-0.2, -0.15) is 8.42 Å². The van der Waals surface area contributed by atoms with Crippen LogP contribution in [0.5, 0.6) is 0 Å². The normalized spacial score (nSPS) is 30.5. The van der Waals surface area contributed by atoms with Crippen molar-refractivity contribution in [2.75, 3.05) is 7.11 Å². The van der Waals surface area contributed by atoms with E-state index in [0.29, 0.717) is 12.3 Å². The molecule has 22 heavy (non-hydrogen) atoms. The molecule has 2 aliphatic rings. The van der Waals surface area contributed by atoms with Gasteiger partial charge in [0.2, 0.25) is 0 Å². The van der Waals surface area contributed by atoms with Gasteiger partial charge in [-0.15, -0.1) is 0 Å². The molecule has 0 saturated heterocycles. The third-order valence-corrected chi connectivity index (χ3v) is 6.17. The lowest BCUT2D eigenvalue weighted by atomic mass is 9.87. The number of ether oxygens (including phenoxy) is 1. The second kappa shape index (κ2) is 5.66. The number of aryl methyl sites for hydroxylation is 1. The summed E-state index contributed by atoms with van der Waals surface area (Å²) in [6, 6.07) is 6.59. The van der Waals surface area contributed by atoms with E-state index in [1.54, 1.807) is 24.3 Å². The fourth-order valence-electron chi connectivity index (χ4n) is 3.74. The lowest BCUT2D eigenvalue weighted by Crippen LogP contribution is -2.34. The molecule has 6 heteroatoms. The lowest BCUT2D eigenvalue weighted by Gasteiger charge is -2.27. The molecule has 2 fully saturated rings. The van der Waals surface area contributed by atoms with Crippen LogP contribution in [0.3, 0.4) is 0 Å². The minimum Gasteiger partial charge on any atom is -0.469 e. The van der Waals surface area contributed by atoms with Crippen molar-refractivity contribution in [3.8, 4) is 0 Å². The molecule has 0 spiro atoms. The molecule has 0 amide bonds. The molecule has 5 nitrogen and oxygen atoms in total. The van der Waals surface area contributed by atoms with Crippen LogP contribution >= 0.6 is 0 Å². The minimum absolute atomic E-state index is 0.0577. The smallest absolute Gasteiger partial charge is 0.309 e. The summed E-state index contributed by atoms with van der Waals surface area (Å²) in [6.45, 7) is 1.90. The number of esters is 1. The molecule has 0 aliphatic heterocycles. The van der Waals surface area contributed by atoms with E-state index in [-0.39, 0.29) is 22.7 Å². The molecular weight excluding hydrogens is 304 g/mol. The molecule has 0 aromatic heterocycles. The zero-order chi connectivity index (χ0) is 15.9. The number of carbonyl (C=O) groups is 1. The molecule has 2 saturated carbocycles. The second-order valence-electron chi connectivity index (χ2n) is 6.27. The van der Waals surface area contributed by atoms with E-state index in [9.17, 15) is 13.2 Å². The molecule has 1 aromatic rings. The van der Waals surface area contributed by atoms with E-state index in [1.807, 2.05) is 6.92 Å². The molecule has 4 atom stereocenters. The first-order chi connectivity index (χ1) is 10.4. The van der Waals surface area contributed by atoms with Gasteiger partial charge in [-0.1, -0.05) is 17.7 Å². The molecule has 2 aliphatic carbocycles. The van der Waals surface area contributed by atoms with Gasteiger partial charge in [-0.25, -0.2) is 0 Å². The maximum Gasteiger partial charge on any atom is 0.309 e. The Morgan fingerprint density at radius 3 is 2.41 bits per heavy atom. The summed E-state index contributed by atoms with van der Waals surface area (Å²) in [7, 11) is -2.42. The Hall–Kier alpha value is -1.40. The Morgan fingerprint density at radius 2 is 1.82 bits per heavy atom. The van der Waals surface area contributed by atoms with Crippen LogP contribution in [0, 0.1) is 24.7 Å². The van der Waals surface area contributed by atoms with E-state index in [2.05, 4.69) is 0 Å². The van der Waals surface area contributed by atoms with Crippen LogP contribution in [-0.2, 0) is 23.8 Å². The topological polar surface area (TPSA) is 69.7 Å². The van der Waals surface area contributed by atoms with Gasteiger partial charge in [0.05, 0.1) is 24.0 Å². The van der Waals surface area contributed by atoms with E-state index in [0.717, 1.165) is 18.4 Å². The Labute approximate surface area is 130 Å². The van der Waals surface area contributed by atoms with Gasteiger partial charge in [0.25, 0.3) is 10.1 Å². The minimum atomic E-state index is -3.79. The van der Waals surface area contributed by atoms with Crippen LogP contribution in [0.25, 0.3) is 0 Å². The lowest BCUT2D eigenvalue weighted by molar-refractivity contribution is -0.148. The van der Waals surface area contributed by atoms with Crippen molar-refractivity contribution in [3.05, 3.63) is 29.8 Å². The highest BCUT2D eigenvalue weighted by atomic mass is 32.2. The highest BCUT2D eigenvalue weighted by Gasteiger charge is 2.51. The molecule has 120 valence electrons. The first kappa shape index (κ1) is 15.5. The molecule has 0 unspecified atom stereocenters. The van der Waals surface area contributed by atoms with Crippen molar-refractivity contribution in [3.63, 3.8) is 0 Å². The van der Waals surface area contributed by atoms with Crippen molar-refractivity contribution in [2.45, 2.75) is 37.2 Å². The van der Waals surface area contributed by atoms with Gasteiger partial charge in [0, 0.05) is 5.92 Å². The molecule has 0 heterocycles. The molecule has 1 aromatic carbocycles. The number of methoxy groups -OCH3 is 1. The Kier molecular flexibility index (Phi) is 3.99. The standard InChI is InChI=1S/C16H20O5S/c1-10-3-5-12(6-4-10)22(18,19)21-15-9-11-7-13(15)14(8-11)16(17)20-2/h3-6,11,13-15H,7-9H2,1-2H3/t11-,13-,14+,15-/m1/s1. The average Bonchev–Trinajstić information content (AvgIpc) is 3.06. The summed E-state index contributed by atoms with van der Waals surface area (Å²) >= 11 is 0. The van der Waals surface area contributed by atoms with Gasteiger partial charge in [-0.05, 0) is 44.2 Å². The molecule has 3 rings (SSSR count). The van der Waals surface area contributed by atoms with Gasteiger partial charge in [-0.3, -0.25) is 8.98 Å². The summed E-state index contributed by atoms with van der Waals surface area (Å²) in [5.74, 6) is -0.194. The predicted molar refractivity (Wildman–Crippen MR) is 79.6 cm³/mol. The monoisotopic (exact) mass is 324 g/mol. The maximum atomic E-state index is 12.4. The van der Waals surface area contributed by atoms with Crippen LogP contribution < -0.4 is 0 Å². The van der Waals surface area contributed by atoms with Crippen molar-refractivity contribution >= 4 is 16.1 Å². The molecule has 0 radical (unpaired) electrons. The van der Waals surface area contributed by atoms with E-state index >= 15 is 0 Å². The average molecular weight is 324 g/mol. The quantitative estimate of drug-likeness (QED) is 0.628. The first-order valence-electron chi connectivity index (χ1n) is 7.48. The first-order valence-corrected chi connectivity index (χ1v) is 8.89. The highest BCUT2D eigenvalue weighted by molar-refractivity contribution is 7.86. The largest absolute Gasteiger partial charge is 0.469 e. The number of hydrogen-bond donors (Lipinski definition) is 0. The number of hydrogen-bond acceptors (Lipinski definition) is 5. The van der Waals surface area contributed by atoms with E-state index in [4.69, 9.17) is 8.92 Å². The third kappa shape index (κ3) is 2.77. The Morgan fingerprint density at radius 1 is 1.14 bits per heavy atom. The zero-order valence-electron chi connectivity index (χ0n) is 12.7. The fourth-order valence-corrected chi connectivity index (χ4v) is 4.87. The van der Waals surface area contributed by atoms with E-state index < -0.39 is 16.2 Å². The van der Waals surface area contributed by atoms with Crippen molar-refractivity contribution in [1.82, 2.24) is 0 Å². The molecule has 0 N–H and O–H groups in total. The molecule has 2 bridgehead atoms. The highest BCUT2D eigenvalue weighted by Crippen LogP contribution is 2.50. The van der Waals surface area contributed by atoms with Gasteiger partial charge in [0.15, 0.2) is 0 Å². The maximum absolute atomic E-state index is 12.4. The fraction of sp³-hybridized carbons (Fsp3) is 0.562. The summed E-state index contributed by atoms with van der Waals surface area (Å²) in [4.78, 5) is 12.0.